The van der Waals surface area contributed by atoms with Crippen LogP contribution in [-0.4, -0.2) is 35.2 Å². The summed E-state index contributed by atoms with van der Waals surface area (Å²) < 4.78 is 5.80. The van der Waals surface area contributed by atoms with Crippen molar-refractivity contribution in [1.29, 1.82) is 0 Å². The first kappa shape index (κ1) is 23.2. The molecule has 1 amide bonds. The van der Waals surface area contributed by atoms with E-state index >= 15 is 0 Å². The van der Waals surface area contributed by atoms with E-state index in [4.69, 9.17) is 21.3 Å². The Labute approximate surface area is 213 Å². The molecule has 4 nitrogen and oxygen atoms in total. The number of halogens is 1. The summed E-state index contributed by atoms with van der Waals surface area (Å²) in [5, 5.41) is 1.43. The van der Waals surface area contributed by atoms with Crippen molar-refractivity contribution < 1.29 is 9.53 Å². The molecule has 34 heavy (non-hydrogen) atoms. The highest BCUT2D eigenvalue weighted by molar-refractivity contribution is 8.18. The topological polar surface area (TPSA) is 41.9 Å². The number of ether oxygens (including phenoxy) is 1. The van der Waals surface area contributed by atoms with Crippen molar-refractivity contribution in [3.63, 3.8) is 0 Å². The van der Waals surface area contributed by atoms with Gasteiger partial charge in [-0.1, -0.05) is 53.7 Å². The summed E-state index contributed by atoms with van der Waals surface area (Å²) in [6.45, 7) is 1.29. The molecule has 2 aliphatic rings. The smallest absolute Gasteiger partial charge is 0.266 e. The Morgan fingerprint density at radius 3 is 2.41 bits per heavy atom. The Morgan fingerprint density at radius 2 is 1.74 bits per heavy atom. The molecule has 3 aromatic rings. The Kier molecular flexibility index (Phi) is 7.40. The molecular formula is C27H23ClN2O2S2. The SMILES string of the molecule is O=C1/C(=C\c2ccc(Sc3ccc(Cl)cc3)cc2)SC(=Nc2ccccc2)N1CC1CCCO1. The van der Waals surface area contributed by atoms with Gasteiger partial charge in [0.05, 0.1) is 23.2 Å². The maximum Gasteiger partial charge on any atom is 0.266 e. The van der Waals surface area contributed by atoms with Gasteiger partial charge < -0.3 is 4.74 Å². The van der Waals surface area contributed by atoms with Crippen LogP contribution in [0.1, 0.15) is 18.4 Å². The van der Waals surface area contributed by atoms with Crippen molar-refractivity contribution in [2.24, 2.45) is 4.99 Å². The average Bonchev–Trinajstić information content (AvgIpc) is 3.47. The number of rotatable bonds is 6. The molecular weight excluding hydrogens is 484 g/mol. The molecule has 0 bridgehead atoms. The lowest BCUT2D eigenvalue weighted by Crippen LogP contribution is -2.36. The summed E-state index contributed by atoms with van der Waals surface area (Å²) in [5.74, 6) is -0.0187. The third kappa shape index (κ3) is 5.76. The summed E-state index contributed by atoms with van der Waals surface area (Å²) in [5.41, 5.74) is 1.81. The van der Waals surface area contributed by atoms with Crippen LogP contribution in [0.25, 0.3) is 6.08 Å². The van der Waals surface area contributed by atoms with Crippen LogP contribution in [0.4, 0.5) is 5.69 Å². The largest absolute Gasteiger partial charge is 0.376 e. The van der Waals surface area contributed by atoms with E-state index in [9.17, 15) is 4.79 Å². The van der Waals surface area contributed by atoms with Gasteiger partial charge in [0.1, 0.15) is 0 Å². The highest BCUT2D eigenvalue weighted by atomic mass is 35.5. The van der Waals surface area contributed by atoms with Crippen LogP contribution in [0.5, 0.6) is 0 Å². The standard InChI is InChI=1S/C27H23ClN2O2S2/c28-20-10-14-24(15-11-20)33-23-12-8-19(9-13-23)17-25-26(31)30(18-22-7-4-16-32-22)27(34-25)29-21-5-2-1-3-6-21/h1-3,5-6,8-15,17,22H,4,7,16,18H2/b25-17+,29-27?. The summed E-state index contributed by atoms with van der Waals surface area (Å²) in [6.07, 6.45) is 4.02. The Hall–Kier alpha value is -2.51. The van der Waals surface area contributed by atoms with E-state index in [1.807, 2.05) is 72.8 Å². The minimum absolute atomic E-state index is 0.0187. The monoisotopic (exact) mass is 506 g/mol. The number of para-hydroxylation sites is 1. The molecule has 0 radical (unpaired) electrons. The normalized spacial score (nSPS) is 20.6. The quantitative estimate of drug-likeness (QED) is 0.329. The van der Waals surface area contributed by atoms with E-state index < -0.39 is 0 Å². The predicted octanol–water partition coefficient (Wildman–Crippen LogP) is 7.27. The van der Waals surface area contributed by atoms with Gasteiger partial charge in [-0.3, -0.25) is 9.69 Å². The molecule has 172 valence electrons. The number of thioether (sulfide) groups is 1. The van der Waals surface area contributed by atoms with Gasteiger partial charge in [-0.2, -0.15) is 0 Å². The Morgan fingerprint density at radius 1 is 1.03 bits per heavy atom. The van der Waals surface area contributed by atoms with E-state index in [0.29, 0.717) is 16.6 Å². The summed E-state index contributed by atoms with van der Waals surface area (Å²) in [6, 6.07) is 25.8. The number of benzene rings is 3. The lowest BCUT2D eigenvalue weighted by Gasteiger charge is -2.19. The predicted molar refractivity (Wildman–Crippen MR) is 142 cm³/mol. The van der Waals surface area contributed by atoms with Gasteiger partial charge in [-0.15, -0.1) is 0 Å². The molecule has 5 rings (SSSR count). The maximum absolute atomic E-state index is 13.3. The third-order valence-corrected chi connectivity index (χ3v) is 7.78. The Balaban J connectivity index is 1.35. The third-order valence-electron chi connectivity index (χ3n) is 5.51. The lowest BCUT2D eigenvalue weighted by molar-refractivity contribution is -0.123. The number of carbonyl (C=O) groups excluding carboxylic acids is 1. The molecule has 2 saturated heterocycles. The average molecular weight is 507 g/mol. The van der Waals surface area contributed by atoms with Crippen LogP contribution >= 0.6 is 35.1 Å². The number of hydrogen-bond acceptors (Lipinski definition) is 5. The number of amides is 1. The van der Waals surface area contributed by atoms with Crippen molar-refractivity contribution in [3.8, 4) is 0 Å². The van der Waals surface area contributed by atoms with Crippen molar-refractivity contribution in [2.75, 3.05) is 13.2 Å². The zero-order chi connectivity index (χ0) is 23.3. The second-order valence-corrected chi connectivity index (χ2v) is 10.6. The van der Waals surface area contributed by atoms with E-state index in [0.717, 1.165) is 45.5 Å². The Bertz CT molecular complexity index is 1210. The fourth-order valence-electron chi connectivity index (χ4n) is 3.78. The summed E-state index contributed by atoms with van der Waals surface area (Å²) in [7, 11) is 0. The highest BCUT2D eigenvalue weighted by Crippen LogP contribution is 2.35. The molecule has 0 spiro atoms. The maximum atomic E-state index is 13.3. The second-order valence-electron chi connectivity index (χ2n) is 8.02. The van der Waals surface area contributed by atoms with Crippen molar-refractivity contribution >= 4 is 58.0 Å². The van der Waals surface area contributed by atoms with E-state index in [-0.39, 0.29) is 12.0 Å². The van der Waals surface area contributed by atoms with E-state index in [2.05, 4.69) is 12.1 Å². The van der Waals surface area contributed by atoms with Gasteiger partial charge in [0, 0.05) is 21.4 Å². The van der Waals surface area contributed by atoms with Crippen LogP contribution in [0.2, 0.25) is 5.02 Å². The number of hydrogen-bond donors (Lipinski definition) is 0. The number of nitrogens with zero attached hydrogens (tertiary/aromatic N) is 2. The van der Waals surface area contributed by atoms with Gasteiger partial charge >= 0.3 is 0 Å². The molecule has 0 aliphatic carbocycles. The fraction of sp³-hybridized carbons (Fsp3) is 0.185. The molecule has 1 atom stereocenters. The van der Waals surface area contributed by atoms with Crippen LogP contribution in [0.3, 0.4) is 0 Å². The fourth-order valence-corrected chi connectivity index (χ4v) is 5.73. The first-order valence-electron chi connectivity index (χ1n) is 11.1. The number of amidine groups is 1. The van der Waals surface area contributed by atoms with Gasteiger partial charge in [0.2, 0.25) is 0 Å². The van der Waals surface area contributed by atoms with Gasteiger partial charge in [-0.05, 0) is 84.8 Å². The van der Waals surface area contributed by atoms with Gasteiger partial charge in [0.25, 0.3) is 5.91 Å². The van der Waals surface area contributed by atoms with Crippen molar-refractivity contribution in [3.05, 3.63) is 94.4 Å². The van der Waals surface area contributed by atoms with Crippen LogP contribution in [0.15, 0.2) is 98.6 Å². The molecule has 0 aromatic heterocycles. The van der Waals surface area contributed by atoms with Crippen LogP contribution in [-0.2, 0) is 9.53 Å². The highest BCUT2D eigenvalue weighted by Gasteiger charge is 2.35. The van der Waals surface area contributed by atoms with Crippen molar-refractivity contribution in [2.45, 2.75) is 28.7 Å². The molecule has 7 heteroatoms. The first-order chi connectivity index (χ1) is 16.6. The van der Waals surface area contributed by atoms with Gasteiger partial charge in [0.15, 0.2) is 5.17 Å². The summed E-state index contributed by atoms with van der Waals surface area (Å²) >= 11 is 9.07. The number of aliphatic imine (C=N–C) groups is 1. The molecule has 2 heterocycles. The van der Waals surface area contributed by atoms with Gasteiger partial charge in [-0.25, -0.2) is 4.99 Å². The molecule has 2 aliphatic heterocycles. The zero-order valence-electron chi connectivity index (χ0n) is 18.4. The minimum Gasteiger partial charge on any atom is -0.376 e. The second kappa shape index (κ2) is 10.8. The van der Waals surface area contributed by atoms with Crippen LogP contribution in [0, 0.1) is 0 Å². The molecule has 2 fully saturated rings. The number of carbonyl (C=O) groups is 1. The van der Waals surface area contributed by atoms with E-state index in [1.54, 1.807) is 16.7 Å². The van der Waals surface area contributed by atoms with Crippen molar-refractivity contribution in [1.82, 2.24) is 4.90 Å². The van der Waals surface area contributed by atoms with Crippen LogP contribution < -0.4 is 0 Å². The summed E-state index contributed by atoms with van der Waals surface area (Å²) in [4.78, 5) is 22.8. The first-order valence-corrected chi connectivity index (χ1v) is 13.2. The molecule has 3 aromatic carbocycles. The lowest BCUT2D eigenvalue weighted by atomic mass is 10.2. The molecule has 0 saturated carbocycles. The molecule has 1 unspecified atom stereocenters. The zero-order valence-corrected chi connectivity index (χ0v) is 20.8. The minimum atomic E-state index is -0.0187. The molecule has 0 N–H and O–H groups in total. The van der Waals surface area contributed by atoms with E-state index in [1.165, 1.54) is 11.8 Å².